The average molecular weight is 468 g/mol. The molecule has 190 valence electrons. The molecule has 1 N–H and O–H groups in total. The molecule has 1 aliphatic rings. The van der Waals surface area contributed by atoms with Crippen molar-refractivity contribution in [2.24, 2.45) is 22.2 Å². The van der Waals surface area contributed by atoms with Crippen LogP contribution < -0.4 is 5.11 Å². The van der Waals surface area contributed by atoms with Gasteiger partial charge in [0.25, 0.3) is 0 Å². The predicted molar refractivity (Wildman–Crippen MR) is 140 cm³/mol. The lowest BCUT2D eigenvalue weighted by Gasteiger charge is -2.50. The van der Waals surface area contributed by atoms with Gasteiger partial charge in [-0.1, -0.05) is 113 Å². The summed E-state index contributed by atoms with van der Waals surface area (Å²) in [6.45, 7) is 23.8. The van der Waals surface area contributed by atoms with Crippen molar-refractivity contribution in [2.45, 2.75) is 106 Å². The number of rotatable bonds is 8. The second-order valence-electron chi connectivity index (χ2n) is 13.4. The number of carbonyl (C=O) groups excluding carboxylic acids is 1. The Hall–Kier alpha value is -1.87. The highest BCUT2D eigenvalue weighted by Gasteiger charge is 2.51. The van der Waals surface area contributed by atoms with Crippen molar-refractivity contribution in [3.8, 4) is 0 Å². The third kappa shape index (κ3) is 5.35. The highest BCUT2D eigenvalue weighted by atomic mass is 16.4. The van der Waals surface area contributed by atoms with Crippen LogP contribution in [0.15, 0.2) is 47.6 Å². The molecule has 0 aromatic heterocycles. The summed E-state index contributed by atoms with van der Waals surface area (Å²) in [6.07, 6.45) is 5.99. The van der Waals surface area contributed by atoms with E-state index in [4.69, 9.17) is 0 Å². The van der Waals surface area contributed by atoms with Crippen LogP contribution in [-0.4, -0.2) is 11.1 Å². The summed E-state index contributed by atoms with van der Waals surface area (Å²) in [4.78, 5) is 12.1. The van der Waals surface area contributed by atoms with Gasteiger partial charge in [0.1, 0.15) is 5.60 Å². The third-order valence-corrected chi connectivity index (χ3v) is 7.99. The largest absolute Gasteiger partial charge is 0.549 e. The molecule has 2 rings (SSSR count). The predicted octanol–water partition coefficient (Wildman–Crippen LogP) is 6.69. The second-order valence-corrected chi connectivity index (χ2v) is 13.4. The minimum atomic E-state index is -1.41. The van der Waals surface area contributed by atoms with E-state index in [2.05, 4.69) is 82.2 Å². The summed E-state index contributed by atoms with van der Waals surface area (Å²) >= 11 is 0. The van der Waals surface area contributed by atoms with Crippen LogP contribution in [0.5, 0.6) is 0 Å². The second kappa shape index (κ2) is 9.30. The van der Waals surface area contributed by atoms with E-state index in [1.165, 1.54) is 0 Å². The van der Waals surface area contributed by atoms with Crippen LogP contribution in [0.1, 0.15) is 107 Å². The van der Waals surface area contributed by atoms with Gasteiger partial charge in [0.15, 0.2) is 0 Å². The van der Waals surface area contributed by atoms with Crippen molar-refractivity contribution in [1.82, 2.24) is 0 Å². The zero-order chi connectivity index (χ0) is 26.3. The van der Waals surface area contributed by atoms with Gasteiger partial charge < -0.3 is 15.0 Å². The molecule has 0 saturated heterocycles. The van der Waals surface area contributed by atoms with Gasteiger partial charge in [-0.2, -0.15) is 0 Å². The highest BCUT2D eigenvalue weighted by molar-refractivity contribution is 5.75. The first-order valence-electron chi connectivity index (χ1n) is 12.8. The molecule has 1 aromatic rings. The molecule has 0 spiro atoms. The number of aliphatic carboxylic acids is 1. The van der Waals surface area contributed by atoms with Gasteiger partial charge in [-0.3, -0.25) is 0 Å². The van der Waals surface area contributed by atoms with Gasteiger partial charge in [0.2, 0.25) is 0 Å². The number of carboxylic acids is 1. The van der Waals surface area contributed by atoms with Crippen molar-refractivity contribution in [3.05, 3.63) is 58.7 Å². The SMILES string of the molecule is CCC(C)(C)C1=CC(C(=O)[O-])C=C(C(C)(C)CC)C1(O)c1ccccc1C(C)(C)CC(C)(C)C. The van der Waals surface area contributed by atoms with Crippen molar-refractivity contribution in [3.63, 3.8) is 0 Å². The van der Waals surface area contributed by atoms with Gasteiger partial charge in [-0.05, 0) is 63.2 Å². The molecule has 0 aliphatic heterocycles. The van der Waals surface area contributed by atoms with E-state index in [1.807, 2.05) is 18.2 Å². The average Bonchev–Trinajstić information content (AvgIpc) is 2.71. The van der Waals surface area contributed by atoms with Gasteiger partial charge in [-0.15, -0.1) is 0 Å². The maximum Gasteiger partial charge on any atom is 0.133 e. The Balaban J connectivity index is 2.99. The van der Waals surface area contributed by atoms with E-state index in [0.717, 1.165) is 41.5 Å². The number of carbonyl (C=O) groups is 1. The summed E-state index contributed by atoms with van der Waals surface area (Å²) in [5.74, 6) is -1.99. The Labute approximate surface area is 208 Å². The van der Waals surface area contributed by atoms with E-state index in [0.29, 0.717) is 0 Å². The molecule has 0 radical (unpaired) electrons. The number of hydrogen-bond acceptors (Lipinski definition) is 3. The molecular weight excluding hydrogens is 420 g/mol. The number of hydrogen-bond donors (Lipinski definition) is 1. The van der Waals surface area contributed by atoms with Crippen molar-refractivity contribution < 1.29 is 15.0 Å². The molecular formula is C31H47O3-. The maximum absolute atomic E-state index is 13.0. The molecule has 0 bridgehead atoms. The van der Waals surface area contributed by atoms with Crippen LogP contribution >= 0.6 is 0 Å². The van der Waals surface area contributed by atoms with Gasteiger partial charge in [0, 0.05) is 5.92 Å². The van der Waals surface area contributed by atoms with Crippen LogP contribution in [0, 0.1) is 22.2 Å². The first kappa shape index (κ1) is 28.4. The molecule has 0 fully saturated rings. The van der Waals surface area contributed by atoms with E-state index >= 15 is 0 Å². The van der Waals surface area contributed by atoms with Gasteiger partial charge in [-0.25, -0.2) is 0 Å². The van der Waals surface area contributed by atoms with Gasteiger partial charge >= 0.3 is 0 Å². The summed E-state index contributed by atoms with van der Waals surface area (Å²) in [5.41, 5.74) is 1.17. The molecule has 3 nitrogen and oxygen atoms in total. The Morgan fingerprint density at radius 1 is 0.853 bits per heavy atom. The number of aliphatic hydroxyl groups is 1. The fraction of sp³-hybridized carbons (Fsp3) is 0.645. The first-order chi connectivity index (χ1) is 15.3. The van der Waals surface area contributed by atoms with Crippen LogP contribution in [0.2, 0.25) is 0 Å². The summed E-state index contributed by atoms with van der Waals surface area (Å²) in [7, 11) is 0. The Bertz CT molecular complexity index is 933. The van der Waals surface area contributed by atoms with Crippen LogP contribution in [0.3, 0.4) is 0 Å². The molecule has 0 unspecified atom stereocenters. The topological polar surface area (TPSA) is 60.4 Å². The minimum Gasteiger partial charge on any atom is -0.549 e. The molecule has 0 saturated carbocycles. The van der Waals surface area contributed by atoms with Crippen molar-refractivity contribution in [2.75, 3.05) is 0 Å². The van der Waals surface area contributed by atoms with Crippen molar-refractivity contribution in [1.29, 1.82) is 0 Å². The minimum absolute atomic E-state index is 0.106. The number of benzene rings is 1. The number of carboxylic acid groups (broad SMARTS) is 1. The zero-order valence-corrected chi connectivity index (χ0v) is 23.4. The van der Waals surface area contributed by atoms with Crippen LogP contribution in [0.4, 0.5) is 0 Å². The lowest BCUT2D eigenvalue weighted by molar-refractivity contribution is -0.308. The molecule has 1 aromatic carbocycles. The Kier molecular flexibility index (Phi) is 7.76. The maximum atomic E-state index is 13.0. The fourth-order valence-electron chi connectivity index (χ4n) is 5.84. The Morgan fingerprint density at radius 3 is 1.68 bits per heavy atom. The lowest BCUT2D eigenvalue weighted by Crippen LogP contribution is -2.47. The van der Waals surface area contributed by atoms with E-state index in [9.17, 15) is 15.0 Å². The van der Waals surface area contributed by atoms with Crippen LogP contribution in [-0.2, 0) is 15.8 Å². The smallest absolute Gasteiger partial charge is 0.133 e. The third-order valence-electron chi connectivity index (χ3n) is 7.99. The van der Waals surface area contributed by atoms with Crippen molar-refractivity contribution >= 4 is 5.97 Å². The molecule has 34 heavy (non-hydrogen) atoms. The van der Waals surface area contributed by atoms with Gasteiger partial charge in [0.05, 0.1) is 5.97 Å². The first-order valence-corrected chi connectivity index (χ1v) is 12.8. The standard InChI is InChI=1S/C31H48O3/c1-12-28(6,7)24-18-21(26(32)33)19-25(29(8,9)13-2)31(24,34)23-17-15-14-16-22(23)30(10,11)20-27(3,4)5/h14-19,21,34H,12-13,20H2,1-11H3,(H,32,33)/p-1. The highest BCUT2D eigenvalue weighted by Crippen LogP contribution is 2.56. The monoisotopic (exact) mass is 467 g/mol. The zero-order valence-electron chi connectivity index (χ0n) is 23.4. The molecule has 0 amide bonds. The summed E-state index contributed by atoms with van der Waals surface area (Å²) in [6, 6.07) is 8.21. The molecule has 1 aliphatic carbocycles. The van der Waals surface area contributed by atoms with Crippen LogP contribution in [0.25, 0.3) is 0 Å². The molecule has 3 heteroatoms. The van der Waals surface area contributed by atoms with E-state index in [-0.39, 0.29) is 10.8 Å². The quantitative estimate of drug-likeness (QED) is 0.433. The summed E-state index contributed by atoms with van der Waals surface area (Å²) in [5, 5.41) is 25.1. The fourth-order valence-corrected chi connectivity index (χ4v) is 5.84. The van der Waals surface area contributed by atoms with E-state index < -0.39 is 28.3 Å². The lowest BCUT2D eigenvalue weighted by atomic mass is 9.57. The Morgan fingerprint density at radius 2 is 1.29 bits per heavy atom. The molecule has 0 atom stereocenters. The van der Waals surface area contributed by atoms with E-state index in [1.54, 1.807) is 12.2 Å². The molecule has 0 heterocycles. The normalized spacial score (nSPS) is 22.3. The summed E-state index contributed by atoms with van der Waals surface area (Å²) < 4.78 is 0.